The lowest BCUT2D eigenvalue weighted by atomic mass is 10.1. The van der Waals surface area contributed by atoms with E-state index in [4.69, 9.17) is 18.0 Å². The standard InChI is InChI=1S/C15H16N4OS/c1-18-6-7-19(9-13(18)20)15-11(14(16)21)8-10-4-2-3-5-12(10)17-15/h2-5,8H,6-7,9H2,1H3,(H2,16,21). The molecule has 0 bridgehead atoms. The average Bonchev–Trinajstić information content (AvgIpc) is 2.48. The first-order valence-electron chi connectivity index (χ1n) is 6.75. The molecule has 1 aliphatic heterocycles. The van der Waals surface area contributed by atoms with Crippen LogP contribution in [0, 0.1) is 0 Å². The summed E-state index contributed by atoms with van der Waals surface area (Å²) in [6.45, 7) is 1.70. The summed E-state index contributed by atoms with van der Waals surface area (Å²) in [5.41, 5.74) is 7.44. The molecule has 1 aromatic carbocycles. The van der Waals surface area contributed by atoms with E-state index in [2.05, 4.69) is 4.98 Å². The topological polar surface area (TPSA) is 62.5 Å². The van der Waals surface area contributed by atoms with E-state index < -0.39 is 0 Å². The third kappa shape index (κ3) is 2.54. The first-order chi connectivity index (χ1) is 10.1. The van der Waals surface area contributed by atoms with Crippen LogP contribution < -0.4 is 10.6 Å². The number of hydrogen-bond acceptors (Lipinski definition) is 4. The van der Waals surface area contributed by atoms with Gasteiger partial charge in [-0.05, 0) is 12.1 Å². The second kappa shape index (κ2) is 5.29. The molecule has 1 aromatic heterocycles. The van der Waals surface area contributed by atoms with Crippen LogP contribution >= 0.6 is 12.2 Å². The highest BCUT2D eigenvalue weighted by atomic mass is 32.1. The number of pyridine rings is 1. The van der Waals surface area contributed by atoms with E-state index in [1.54, 1.807) is 4.90 Å². The Morgan fingerprint density at radius 1 is 1.33 bits per heavy atom. The van der Waals surface area contributed by atoms with Crippen LogP contribution in [0.25, 0.3) is 10.9 Å². The second-order valence-electron chi connectivity index (χ2n) is 5.15. The Balaban J connectivity index is 2.09. The molecule has 2 heterocycles. The first-order valence-corrected chi connectivity index (χ1v) is 7.15. The molecule has 0 aliphatic carbocycles. The van der Waals surface area contributed by atoms with Gasteiger partial charge in [-0.3, -0.25) is 4.79 Å². The van der Waals surface area contributed by atoms with E-state index in [0.29, 0.717) is 23.9 Å². The Labute approximate surface area is 128 Å². The van der Waals surface area contributed by atoms with Crippen LogP contribution in [0.4, 0.5) is 5.82 Å². The number of benzene rings is 1. The maximum Gasteiger partial charge on any atom is 0.241 e. The second-order valence-corrected chi connectivity index (χ2v) is 5.59. The number of nitrogens with zero attached hydrogens (tertiary/aromatic N) is 3. The number of amides is 1. The van der Waals surface area contributed by atoms with Crippen molar-refractivity contribution in [1.29, 1.82) is 0 Å². The van der Waals surface area contributed by atoms with E-state index in [9.17, 15) is 4.79 Å². The van der Waals surface area contributed by atoms with Gasteiger partial charge in [-0.1, -0.05) is 30.4 Å². The van der Waals surface area contributed by atoms with E-state index in [-0.39, 0.29) is 5.91 Å². The lowest BCUT2D eigenvalue weighted by molar-refractivity contribution is -0.129. The number of aromatic nitrogens is 1. The van der Waals surface area contributed by atoms with E-state index in [1.165, 1.54) is 0 Å². The number of hydrogen-bond donors (Lipinski definition) is 1. The molecule has 5 nitrogen and oxygen atoms in total. The summed E-state index contributed by atoms with van der Waals surface area (Å²) in [6.07, 6.45) is 0. The Morgan fingerprint density at radius 2 is 2.10 bits per heavy atom. The largest absolute Gasteiger partial charge is 0.389 e. The Kier molecular flexibility index (Phi) is 3.47. The summed E-state index contributed by atoms with van der Waals surface area (Å²) < 4.78 is 0. The van der Waals surface area contributed by atoms with Crippen molar-refractivity contribution < 1.29 is 4.79 Å². The molecule has 1 amide bonds. The molecule has 2 N–H and O–H groups in total. The van der Waals surface area contributed by atoms with Crippen molar-refractivity contribution in [2.24, 2.45) is 5.73 Å². The predicted molar refractivity (Wildman–Crippen MR) is 87.5 cm³/mol. The molecule has 1 aliphatic rings. The van der Waals surface area contributed by atoms with Crippen LogP contribution in [0.15, 0.2) is 30.3 Å². The van der Waals surface area contributed by atoms with Crippen LogP contribution in [0.3, 0.4) is 0 Å². The summed E-state index contributed by atoms with van der Waals surface area (Å²) in [7, 11) is 1.81. The number of carbonyl (C=O) groups excluding carboxylic acids is 1. The highest BCUT2D eigenvalue weighted by molar-refractivity contribution is 7.80. The lowest BCUT2D eigenvalue weighted by Crippen LogP contribution is -2.49. The molecule has 1 saturated heterocycles. The zero-order valence-electron chi connectivity index (χ0n) is 11.7. The Morgan fingerprint density at radius 3 is 2.81 bits per heavy atom. The quantitative estimate of drug-likeness (QED) is 0.843. The maximum atomic E-state index is 11.9. The summed E-state index contributed by atoms with van der Waals surface area (Å²) in [6, 6.07) is 9.76. The molecule has 1 fully saturated rings. The number of anilines is 1. The SMILES string of the molecule is CN1CCN(c2nc3ccccc3cc2C(N)=S)CC1=O. The molecule has 0 saturated carbocycles. The molecular weight excluding hydrogens is 284 g/mol. The van der Waals surface area contributed by atoms with Crippen molar-refractivity contribution in [3.05, 3.63) is 35.9 Å². The first kappa shape index (κ1) is 13.8. The van der Waals surface area contributed by atoms with Gasteiger partial charge in [0.15, 0.2) is 0 Å². The van der Waals surface area contributed by atoms with Gasteiger partial charge in [0.25, 0.3) is 0 Å². The van der Waals surface area contributed by atoms with Crippen molar-refractivity contribution in [1.82, 2.24) is 9.88 Å². The summed E-state index contributed by atoms with van der Waals surface area (Å²) in [5, 5.41) is 0.990. The van der Waals surface area contributed by atoms with Crippen molar-refractivity contribution >= 4 is 39.8 Å². The predicted octanol–water partition coefficient (Wildman–Crippen LogP) is 1.15. The van der Waals surface area contributed by atoms with Crippen molar-refractivity contribution in [3.63, 3.8) is 0 Å². The molecule has 0 spiro atoms. The third-order valence-electron chi connectivity index (χ3n) is 3.73. The number of rotatable bonds is 2. The average molecular weight is 300 g/mol. The van der Waals surface area contributed by atoms with Gasteiger partial charge in [-0.15, -0.1) is 0 Å². The van der Waals surface area contributed by atoms with Gasteiger partial charge in [0.2, 0.25) is 5.91 Å². The zero-order chi connectivity index (χ0) is 15.0. The minimum absolute atomic E-state index is 0.0742. The minimum atomic E-state index is 0.0742. The van der Waals surface area contributed by atoms with Crippen LogP contribution in [0.2, 0.25) is 0 Å². The summed E-state index contributed by atoms with van der Waals surface area (Å²) in [5.74, 6) is 0.771. The van der Waals surface area contributed by atoms with Crippen LogP contribution in [-0.2, 0) is 4.79 Å². The van der Waals surface area contributed by atoms with Gasteiger partial charge >= 0.3 is 0 Å². The number of likely N-dealkylation sites (N-methyl/N-ethyl adjacent to an activating group) is 1. The van der Waals surface area contributed by atoms with Gasteiger partial charge in [0.05, 0.1) is 17.6 Å². The number of nitrogens with two attached hydrogens (primary N) is 1. The van der Waals surface area contributed by atoms with Crippen LogP contribution in [-0.4, -0.2) is 47.5 Å². The Bertz CT molecular complexity index is 731. The summed E-state index contributed by atoms with van der Waals surface area (Å²) in [4.78, 5) is 20.6. The van der Waals surface area contributed by atoms with Crippen molar-refractivity contribution in [2.45, 2.75) is 0 Å². The molecule has 0 atom stereocenters. The monoisotopic (exact) mass is 300 g/mol. The lowest BCUT2D eigenvalue weighted by Gasteiger charge is -2.33. The van der Waals surface area contributed by atoms with Crippen LogP contribution in [0.5, 0.6) is 0 Å². The summed E-state index contributed by atoms with van der Waals surface area (Å²) >= 11 is 5.15. The van der Waals surface area contributed by atoms with Crippen molar-refractivity contribution in [3.8, 4) is 0 Å². The number of piperazine rings is 1. The fraction of sp³-hybridized carbons (Fsp3) is 0.267. The molecule has 0 unspecified atom stereocenters. The smallest absolute Gasteiger partial charge is 0.241 e. The molecule has 2 aromatic rings. The Hall–Kier alpha value is -2.21. The van der Waals surface area contributed by atoms with E-state index in [0.717, 1.165) is 23.0 Å². The van der Waals surface area contributed by atoms with Crippen LogP contribution in [0.1, 0.15) is 5.56 Å². The van der Waals surface area contributed by atoms with Crippen molar-refractivity contribution in [2.75, 3.05) is 31.6 Å². The molecular formula is C15H16N4OS. The fourth-order valence-electron chi connectivity index (χ4n) is 2.47. The third-order valence-corrected chi connectivity index (χ3v) is 3.95. The van der Waals surface area contributed by atoms with Gasteiger partial charge in [-0.2, -0.15) is 0 Å². The number of carbonyl (C=O) groups is 1. The normalized spacial score (nSPS) is 15.6. The van der Waals surface area contributed by atoms with E-state index in [1.807, 2.05) is 42.3 Å². The molecule has 3 rings (SSSR count). The van der Waals surface area contributed by atoms with Gasteiger partial charge in [0, 0.05) is 25.5 Å². The maximum absolute atomic E-state index is 11.9. The van der Waals surface area contributed by atoms with E-state index >= 15 is 0 Å². The zero-order valence-corrected chi connectivity index (χ0v) is 12.6. The number of para-hydroxylation sites is 1. The highest BCUT2D eigenvalue weighted by Gasteiger charge is 2.24. The number of thiocarbonyl (C=S) groups is 1. The minimum Gasteiger partial charge on any atom is -0.389 e. The van der Waals surface area contributed by atoms with Gasteiger partial charge in [0.1, 0.15) is 10.8 Å². The molecule has 0 radical (unpaired) electrons. The fourth-order valence-corrected chi connectivity index (χ4v) is 2.62. The highest BCUT2D eigenvalue weighted by Crippen LogP contribution is 2.24. The van der Waals surface area contributed by atoms with Gasteiger partial charge in [-0.25, -0.2) is 4.98 Å². The van der Waals surface area contributed by atoms with Gasteiger partial charge < -0.3 is 15.5 Å². The molecule has 21 heavy (non-hydrogen) atoms. The molecule has 108 valence electrons. The number of fused-ring (bicyclic) bond motifs is 1. The molecule has 6 heteroatoms.